The molecule has 2 rings (SSSR count). The Morgan fingerprint density at radius 1 is 0.647 bits per heavy atom. The molecule has 0 nitrogen and oxygen atoms in total. The molecule has 17 heavy (non-hydrogen) atoms. The van der Waals surface area contributed by atoms with Crippen molar-refractivity contribution in [1.29, 1.82) is 0 Å². The molecule has 0 heterocycles. The Kier molecular flexibility index (Phi) is 6.16. The van der Waals surface area contributed by atoms with Crippen molar-refractivity contribution in [2.24, 2.45) is 5.92 Å². The summed E-state index contributed by atoms with van der Waals surface area (Å²) in [4.78, 5) is 0. The van der Waals surface area contributed by atoms with E-state index >= 15 is 0 Å². The summed E-state index contributed by atoms with van der Waals surface area (Å²) in [6.45, 7) is 0. The van der Waals surface area contributed by atoms with Gasteiger partial charge in [-0.05, 0) is 44.4 Å². The van der Waals surface area contributed by atoms with Gasteiger partial charge in [0.1, 0.15) is 0 Å². The number of allylic oxidation sites excluding steroid dienone is 2. The van der Waals surface area contributed by atoms with Crippen LogP contribution in [0.25, 0.3) is 0 Å². The van der Waals surface area contributed by atoms with Gasteiger partial charge in [-0.2, -0.15) is 0 Å². The van der Waals surface area contributed by atoms with Gasteiger partial charge in [0.2, 0.25) is 0 Å². The number of hydrogen-bond acceptors (Lipinski definition) is 0. The zero-order valence-corrected chi connectivity index (χ0v) is 11.6. The molecule has 0 atom stereocenters. The Hall–Kier alpha value is -0.260. The van der Waals surface area contributed by atoms with E-state index in [4.69, 9.17) is 0 Å². The first kappa shape index (κ1) is 13.2. The Bertz CT molecular complexity index is 220. The monoisotopic (exact) mass is 234 g/mol. The van der Waals surface area contributed by atoms with E-state index in [1.165, 1.54) is 89.9 Å². The molecule has 2 aliphatic rings. The van der Waals surface area contributed by atoms with Crippen molar-refractivity contribution in [2.75, 3.05) is 0 Å². The van der Waals surface area contributed by atoms with Crippen LogP contribution in [0, 0.1) is 5.92 Å². The predicted octanol–water partition coefficient (Wildman–Crippen LogP) is 6.02. The van der Waals surface area contributed by atoms with Crippen LogP contribution in [0.3, 0.4) is 0 Å². The second-order valence-electron chi connectivity index (χ2n) is 6.13. The van der Waals surface area contributed by atoms with Gasteiger partial charge in [-0.15, -0.1) is 0 Å². The fourth-order valence-corrected chi connectivity index (χ4v) is 3.59. The van der Waals surface area contributed by atoms with E-state index in [0.29, 0.717) is 0 Å². The molecular formula is C17H30. The summed E-state index contributed by atoms with van der Waals surface area (Å²) >= 11 is 0. The van der Waals surface area contributed by atoms with Gasteiger partial charge in [0.25, 0.3) is 0 Å². The molecule has 0 N–H and O–H groups in total. The van der Waals surface area contributed by atoms with E-state index < -0.39 is 0 Å². The second-order valence-corrected chi connectivity index (χ2v) is 6.13. The van der Waals surface area contributed by atoms with Gasteiger partial charge in [0.15, 0.2) is 0 Å². The highest BCUT2D eigenvalue weighted by Gasteiger charge is 2.17. The van der Waals surface area contributed by atoms with E-state index in [2.05, 4.69) is 6.08 Å². The lowest BCUT2D eigenvalue weighted by Gasteiger charge is -2.25. The second kappa shape index (κ2) is 7.95. The average molecular weight is 234 g/mol. The fourth-order valence-electron chi connectivity index (χ4n) is 3.59. The molecule has 2 aliphatic carbocycles. The number of hydrogen-bond donors (Lipinski definition) is 0. The van der Waals surface area contributed by atoms with E-state index in [-0.39, 0.29) is 0 Å². The predicted molar refractivity (Wildman–Crippen MR) is 76.2 cm³/mol. The Morgan fingerprint density at radius 3 is 2.00 bits per heavy atom. The van der Waals surface area contributed by atoms with Crippen LogP contribution in [0.2, 0.25) is 0 Å². The Morgan fingerprint density at radius 2 is 1.24 bits per heavy atom. The van der Waals surface area contributed by atoms with Crippen molar-refractivity contribution in [3.8, 4) is 0 Å². The van der Waals surface area contributed by atoms with Crippen LogP contribution in [0.5, 0.6) is 0 Å². The molecular weight excluding hydrogens is 204 g/mol. The van der Waals surface area contributed by atoms with E-state index in [1.807, 2.05) is 5.57 Å². The average Bonchev–Trinajstić information content (AvgIpc) is 2.45. The maximum Gasteiger partial charge on any atom is -0.0203 e. The third-order valence-electron chi connectivity index (χ3n) is 4.71. The highest BCUT2D eigenvalue weighted by atomic mass is 14.2. The molecule has 0 aromatic carbocycles. The molecule has 0 heteroatoms. The highest BCUT2D eigenvalue weighted by Crippen LogP contribution is 2.33. The zero-order valence-electron chi connectivity index (χ0n) is 11.6. The van der Waals surface area contributed by atoms with Gasteiger partial charge >= 0.3 is 0 Å². The van der Waals surface area contributed by atoms with Gasteiger partial charge < -0.3 is 0 Å². The summed E-state index contributed by atoms with van der Waals surface area (Å²) in [7, 11) is 0. The smallest absolute Gasteiger partial charge is 0.0203 e. The highest BCUT2D eigenvalue weighted by molar-refractivity contribution is 5.08. The molecule has 0 spiro atoms. The van der Waals surface area contributed by atoms with E-state index in [1.54, 1.807) is 0 Å². The molecule has 1 saturated carbocycles. The maximum absolute atomic E-state index is 2.64. The summed E-state index contributed by atoms with van der Waals surface area (Å²) in [6, 6.07) is 0. The Labute approximate surface area is 108 Å². The fraction of sp³-hybridized carbons (Fsp3) is 0.882. The normalized spacial score (nSPS) is 26.0. The largest absolute Gasteiger partial charge is 0.0851 e. The molecule has 98 valence electrons. The molecule has 0 aromatic rings. The molecule has 0 aliphatic heterocycles. The van der Waals surface area contributed by atoms with Crippen LogP contribution in [-0.2, 0) is 0 Å². The molecule has 0 bridgehead atoms. The van der Waals surface area contributed by atoms with Gasteiger partial charge in [-0.1, -0.05) is 63.0 Å². The quantitative estimate of drug-likeness (QED) is 0.487. The van der Waals surface area contributed by atoms with Crippen molar-refractivity contribution >= 4 is 0 Å². The van der Waals surface area contributed by atoms with E-state index in [0.717, 1.165) is 5.92 Å². The zero-order chi connectivity index (χ0) is 11.8. The van der Waals surface area contributed by atoms with Crippen LogP contribution < -0.4 is 0 Å². The lowest BCUT2D eigenvalue weighted by molar-refractivity contribution is 0.391. The Balaban J connectivity index is 1.87. The first-order valence-corrected chi connectivity index (χ1v) is 8.16. The van der Waals surface area contributed by atoms with Crippen molar-refractivity contribution < 1.29 is 0 Å². The topological polar surface area (TPSA) is 0 Å². The number of rotatable bonds is 1. The van der Waals surface area contributed by atoms with Crippen LogP contribution >= 0.6 is 0 Å². The van der Waals surface area contributed by atoms with Gasteiger partial charge in [0, 0.05) is 0 Å². The minimum Gasteiger partial charge on any atom is -0.0851 e. The summed E-state index contributed by atoms with van der Waals surface area (Å²) in [5.41, 5.74) is 1.85. The summed E-state index contributed by atoms with van der Waals surface area (Å²) in [6.07, 6.45) is 23.2. The van der Waals surface area contributed by atoms with E-state index in [9.17, 15) is 0 Å². The molecule has 1 fully saturated rings. The summed E-state index contributed by atoms with van der Waals surface area (Å²) < 4.78 is 0. The maximum atomic E-state index is 2.64. The van der Waals surface area contributed by atoms with Crippen molar-refractivity contribution in [2.45, 2.75) is 89.9 Å². The van der Waals surface area contributed by atoms with Crippen molar-refractivity contribution in [3.63, 3.8) is 0 Å². The van der Waals surface area contributed by atoms with Gasteiger partial charge in [-0.25, -0.2) is 0 Å². The van der Waals surface area contributed by atoms with Crippen LogP contribution in [0.15, 0.2) is 11.6 Å². The third kappa shape index (κ3) is 4.85. The summed E-state index contributed by atoms with van der Waals surface area (Å²) in [5, 5.41) is 0. The molecule has 0 unspecified atom stereocenters. The van der Waals surface area contributed by atoms with Crippen LogP contribution in [-0.4, -0.2) is 0 Å². The standard InChI is InChI=1S/C17H30/c1-2-4-6-9-13-16(12-8-5-3-1)17-14-10-7-11-15-17/h12,17H,1-11,13-15H2. The molecule has 0 saturated heterocycles. The lowest BCUT2D eigenvalue weighted by atomic mass is 9.81. The van der Waals surface area contributed by atoms with Crippen molar-refractivity contribution in [3.05, 3.63) is 11.6 Å². The van der Waals surface area contributed by atoms with Crippen LogP contribution in [0.1, 0.15) is 89.9 Å². The van der Waals surface area contributed by atoms with Crippen molar-refractivity contribution in [1.82, 2.24) is 0 Å². The molecule has 0 amide bonds. The van der Waals surface area contributed by atoms with Gasteiger partial charge in [-0.3, -0.25) is 0 Å². The van der Waals surface area contributed by atoms with Crippen LogP contribution in [0.4, 0.5) is 0 Å². The first-order chi connectivity index (χ1) is 8.47. The molecule has 0 radical (unpaired) electrons. The minimum atomic E-state index is 0.976. The van der Waals surface area contributed by atoms with Gasteiger partial charge in [0.05, 0.1) is 0 Å². The first-order valence-electron chi connectivity index (χ1n) is 8.16. The third-order valence-corrected chi connectivity index (χ3v) is 4.71. The summed E-state index contributed by atoms with van der Waals surface area (Å²) in [5.74, 6) is 0.976. The minimum absolute atomic E-state index is 0.976. The SMILES string of the molecule is C1=C(C2CCCCC2)CCCCCCCCC1. The molecule has 0 aromatic heterocycles. The lowest BCUT2D eigenvalue weighted by Crippen LogP contribution is -2.09.